The maximum atomic E-state index is 12.6. The van der Waals surface area contributed by atoms with Crippen molar-refractivity contribution in [3.05, 3.63) is 53.7 Å². The molecule has 10 nitrogen and oxygen atoms in total. The van der Waals surface area contributed by atoms with Gasteiger partial charge in [0.2, 0.25) is 11.8 Å². The molecule has 11 heteroatoms. The van der Waals surface area contributed by atoms with Crippen molar-refractivity contribution in [1.82, 2.24) is 15.0 Å². The molecule has 0 bridgehead atoms. The van der Waals surface area contributed by atoms with E-state index in [0.717, 1.165) is 13.3 Å². The molecule has 1 heterocycles. The number of carbonyl (C=O) groups is 3. The van der Waals surface area contributed by atoms with Gasteiger partial charge >= 0.3 is 6.16 Å². The van der Waals surface area contributed by atoms with E-state index in [1.165, 1.54) is 24.3 Å². The summed E-state index contributed by atoms with van der Waals surface area (Å²) < 4.78 is 36.1. The number of aromatic nitrogens is 1. The van der Waals surface area contributed by atoms with Gasteiger partial charge in [0.05, 0.1) is 17.6 Å². The number of hydrogen-bond acceptors (Lipinski definition) is 8. The van der Waals surface area contributed by atoms with Gasteiger partial charge < -0.3 is 14.8 Å². The molecule has 0 aliphatic heterocycles. The van der Waals surface area contributed by atoms with Crippen molar-refractivity contribution >= 4 is 28.0 Å². The molecular weight excluding hydrogens is 426 g/mol. The van der Waals surface area contributed by atoms with Gasteiger partial charge in [0.25, 0.3) is 15.9 Å². The third kappa shape index (κ3) is 7.07. The molecule has 166 valence electrons. The number of amides is 2. The first-order valence-electron chi connectivity index (χ1n) is 9.28. The largest absolute Gasteiger partial charge is 0.514 e. The predicted molar refractivity (Wildman–Crippen MR) is 110 cm³/mol. The summed E-state index contributed by atoms with van der Waals surface area (Å²) in [5.74, 6) is -1.24. The van der Waals surface area contributed by atoms with E-state index < -0.39 is 22.1 Å². The first kappa shape index (κ1) is 23.8. The molecule has 0 fully saturated rings. The zero-order chi connectivity index (χ0) is 23.0. The Kier molecular flexibility index (Phi) is 8.08. The van der Waals surface area contributed by atoms with Gasteiger partial charge in [-0.25, -0.2) is 22.9 Å². The minimum Gasteiger partial charge on any atom is -0.437 e. The van der Waals surface area contributed by atoms with Crippen molar-refractivity contribution < 1.29 is 32.3 Å². The van der Waals surface area contributed by atoms with E-state index in [-0.39, 0.29) is 28.2 Å². The zero-order valence-corrected chi connectivity index (χ0v) is 18.1. The topological polar surface area (TPSA) is 141 Å². The van der Waals surface area contributed by atoms with Crippen molar-refractivity contribution in [2.75, 3.05) is 13.7 Å². The van der Waals surface area contributed by atoms with Crippen molar-refractivity contribution in [2.24, 2.45) is 5.92 Å². The zero-order valence-electron chi connectivity index (χ0n) is 17.2. The van der Waals surface area contributed by atoms with Gasteiger partial charge in [0.15, 0.2) is 0 Å². The lowest BCUT2D eigenvalue weighted by Crippen LogP contribution is -2.31. The van der Waals surface area contributed by atoms with Gasteiger partial charge in [-0.2, -0.15) is 0 Å². The lowest BCUT2D eigenvalue weighted by molar-refractivity contribution is -0.123. The summed E-state index contributed by atoms with van der Waals surface area (Å²) in [6, 6.07) is 8.56. The number of nitrogens with one attached hydrogen (secondary N) is 2. The second kappa shape index (κ2) is 10.5. The van der Waals surface area contributed by atoms with Crippen LogP contribution in [0, 0.1) is 5.92 Å². The minimum absolute atomic E-state index is 0.0478. The molecule has 0 aliphatic carbocycles. The second-order valence-corrected chi connectivity index (χ2v) is 8.40. The molecule has 31 heavy (non-hydrogen) atoms. The summed E-state index contributed by atoms with van der Waals surface area (Å²) in [7, 11) is -3.01. The molecule has 2 rings (SSSR count). The number of benzene rings is 1. The van der Waals surface area contributed by atoms with E-state index in [1.54, 1.807) is 26.0 Å². The predicted octanol–water partition coefficient (Wildman–Crippen LogP) is 1.66. The van der Waals surface area contributed by atoms with Crippen LogP contribution >= 0.6 is 0 Å². The van der Waals surface area contributed by atoms with E-state index >= 15 is 0 Å². The molecule has 0 radical (unpaired) electrons. The van der Waals surface area contributed by atoms with Gasteiger partial charge in [0.1, 0.15) is 0 Å². The quantitative estimate of drug-likeness (QED) is 0.580. The Bertz CT molecular complexity index is 1050. The van der Waals surface area contributed by atoms with Crippen LogP contribution in [0.2, 0.25) is 0 Å². The van der Waals surface area contributed by atoms with Crippen LogP contribution < -0.4 is 14.8 Å². The van der Waals surface area contributed by atoms with Crippen LogP contribution in [-0.4, -0.2) is 45.0 Å². The average Bonchev–Trinajstić information content (AvgIpc) is 2.73. The van der Waals surface area contributed by atoms with Gasteiger partial charge in [-0.05, 0) is 30.2 Å². The number of methoxy groups -OCH3 is 1. The van der Waals surface area contributed by atoms with Gasteiger partial charge in [-0.3, -0.25) is 9.59 Å². The van der Waals surface area contributed by atoms with Crippen molar-refractivity contribution in [1.29, 1.82) is 0 Å². The highest BCUT2D eigenvalue weighted by Gasteiger charge is 2.20. The summed E-state index contributed by atoms with van der Waals surface area (Å²) in [4.78, 5) is 38.6. The molecule has 2 N–H and O–H groups in total. The van der Waals surface area contributed by atoms with Crippen molar-refractivity contribution in [3.8, 4) is 5.88 Å². The lowest BCUT2D eigenvalue weighted by atomic mass is 10.1. The molecule has 0 atom stereocenters. The highest BCUT2D eigenvalue weighted by molar-refractivity contribution is 7.90. The van der Waals surface area contributed by atoms with E-state index in [4.69, 9.17) is 4.74 Å². The summed E-state index contributed by atoms with van der Waals surface area (Å²) in [5.41, 5.74) is 0.638. The molecule has 0 unspecified atom stereocenters. The molecule has 0 saturated carbocycles. The molecule has 0 aliphatic rings. The standard InChI is InChI=1S/C20H23N3O7S/c1-13(2)18(24)21-10-9-14-5-4-6-16(11-14)31(27,28)23-19(25)15-7-8-17(22-12-15)30-20(26)29-3/h4-8,11-13H,9-10H2,1-3H3,(H,21,24)(H,23,25). The SMILES string of the molecule is COC(=O)Oc1ccc(C(=O)NS(=O)(=O)c2cccc(CCNC(=O)C(C)C)c2)cn1. The first-order valence-corrected chi connectivity index (χ1v) is 10.8. The van der Waals surface area contributed by atoms with Crippen LogP contribution in [0.15, 0.2) is 47.5 Å². The third-order valence-corrected chi connectivity index (χ3v) is 5.35. The molecule has 2 aromatic rings. The number of nitrogens with zero attached hydrogens (tertiary/aromatic N) is 1. The summed E-state index contributed by atoms with van der Waals surface area (Å²) in [5, 5.41) is 2.76. The van der Waals surface area contributed by atoms with E-state index in [9.17, 15) is 22.8 Å². The maximum absolute atomic E-state index is 12.6. The molecule has 0 saturated heterocycles. The normalized spacial score (nSPS) is 11.0. The smallest absolute Gasteiger partial charge is 0.437 e. The first-order chi connectivity index (χ1) is 14.6. The fourth-order valence-electron chi connectivity index (χ4n) is 2.34. The van der Waals surface area contributed by atoms with Crippen LogP contribution in [0.3, 0.4) is 0 Å². The van der Waals surface area contributed by atoms with Gasteiger partial charge in [-0.1, -0.05) is 26.0 Å². The van der Waals surface area contributed by atoms with Crippen LogP contribution in [0.1, 0.15) is 29.8 Å². The Morgan fingerprint density at radius 2 is 1.87 bits per heavy atom. The number of carbonyl (C=O) groups excluding carboxylic acids is 3. The summed E-state index contributed by atoms with van der Waals surface area (Å²) in [6.45, 7) is 3.92. The summed E-state index contributed by atoms with van der Waals surface area (Å²) in [6.07, 6.45) is 0.522. The molecule has 2 amide bonds. The summed E-state index contributed by atoms with van der Waals surface area (Å²) >= 11 is 0. The Morgan fingerprint density at radius 1 is 1.13 bits per heavy atom. The lowest BCUT2D eigenvalue weighted by Gasteiger charge is -2.10. The number of pyridine rings is 1. The number of rotatable bonds is 8. The Morgan fingerprint density at radius 3 is 2.48 bits per heavy atom. The number of ether oxygens (including phenoxy) is 2. The third-order valence-electron chi connectivity index (χ3n) is 4.03. The highest BCUT2D eigenvalue weighted by Crippen LogP contribution is 2.14. The Hall–Kier alpha value is -3.47. The van der Waals surface area contributed by atoms with Crippen LogP contribution in [0.5, 0.6) is 5.88 Å². The Balaban J connectivity index is 2.04. The van der Waals surface area contributed by atoms with Crippen molar-refractivity contribution in [3.63, 3.8) is 0 Å². The number of sulfonamides is 1. The van der Waals surface area contributed by atoms with E-state index in [1.807, 2.05) is 4.72 Å². The van der Waals surface area contributed by atoms with Crippen molar-refractivity contribution in [2.45, 2.75) is 25.2 Å². The molecule has 0 spiro atoms. The van der Waals surface area contributed by atoms with Crippen LogP contribution in [0.25, 0.3) is 0 Å². The van der Waals surface area contributed by atoms with E-state index in [0.29, 0.717) is 18.5 Å². The Labute approximate surface area is 180 Å². The average molecular weight is 449 g/mol. The van der Waals surface area contributed by atoms with Gasteiger partial charge in [0, 0.05) is 24.7 Å². The maximum Gasteiger partial charge on any atom is 0.514 e. The molecule has 1 aromatic carbocycles. The van der Waals surface area contributed by atoms with Crippen LogP contribution in [0.4, 0.5) is 4.79 Å². The van der Waals surface area contributed by atoms with Gasteiger partial charge in [-0.15, -0.1) is 0 Å². The fraction of sp³-hybridized carbons (Fsp3) is 0.300. The fourth-order valence-corrected chi connectivity index (χ4v) is 3.39. The second-order valence-electron chi connectivity index (χ2n) is 6.72. The number of hydrogen-bond donors (Lipinski definition) is 2. The monoisotopic (exact) mass is 449 g/mol. The highest BCUT2D eigenvalue weighted by atomic mass is 32.2. The molecule has 1 aromatic heterocycles. The molecular formula is C20H23N3O7S. The van der Waals surface area contributed by atoms with Crippen LogP contribution in [-0.2, 0) is 26.0 Å². The minimum atomic E-state index is -4.14. The van der Waals surface area contributed by atoms with E-state index in [2.05, 4.69) is 15.0 Å².